The molecule has 19 heavy (non-hydrogen) atoms. The van der Waals surface area contributed by atoms with Crippen LogP contribution in [0.4, 0.5) is 10.1 Å². The minimum absolute atomic E-state index is 0.0218. The standard InChI is InChI=1S/C13H11FN2O3/c1-18-13(17)10-5-6-16-12(11(10)15)19-9-4-2-3-8(14)7-9/h2-7H,15H2,1H3. The van der Waals surface area contributed by atoms with Crippen molar-refractivity contribution in [2.75, 3.05) is 12.8 Å². The number of hydrogen-bond donors (Lipinski definition) is 1. The number of nitrogens with zero attached hydrogens (tertiary/aromatic N) is 1. The van der Waals surface area contributed by atoms with Gasteiger partial charge in [0, 0.05) is 12.3 Å². The maximum atomic E-state index is 13.0. The summed E-state index contributed by atoms with van der Waals surface area (Å²) in [5.74, 6) is -0.779. The Morgan fingerprint density at radius 1 is 1.37 bits per heavy atom. The van der Waals surface area contributed by atoms with Gasteiger partial charge in [-0.05, 0) is 18.2 Å². The van der Waals surface area contributed by atoms with E-state index in [1.54, 1.807) is 6.07 Å². The Balaban J connectivity index is 2.33. The number of halogens is 1. The molecule has 0 fully saturated rings. The van der Waals surface area contributed by atoms with E-state index >= 15 is 0 Å². The molecule has 2 N–H and O–H groups in total. The summed E-state index contributed by atoms with van der Waals surface area (Å²) >= 11 is 0. The van der Waals surface area contributed by atoms with E-state index in [-0.39, 0.29) is 22.9 Å². The van der Waals surface area contributed by atoms with Crippen molar-refractivity contribution in [2.24, 2.45) is 0 Å². The van der Waals surface area contributed by atoms with Gasteiger partial charge < -0.3 is 15.2 Å². The van der Waals surface area contributed by atoms with Gasteiger partial charge in [-0.15, -0.1) is 0 Å². The van der Waals surface area contributed by atoms with Crippen molar-refractivity contribution in [2.45, 2.75) is 0 Å². The number of rotatable bonds is 3. The monoisotopic (exact) mass is 262 g/mol. The number of aromatic nitrogens is 1. The third kappa shape index (κ3) is 2.79. The van der Waals surface area contributed by atoms with Crippen LogP contribution in [0.5, 0.6) is 11.6 Å². The first-order valence-electron chi connectivity index (χ1n) is 5.38. The molecule has 1 heterocycles. The van der Waals surface area contributed by atoms with E-state index in [2.05, 4.69) is 9.72 Å². The van der Waals surface area contributed by atoms with Crippen LogP contribution < -0.4 is 10.5 Å². The Hall–Kier alpha value is -2.63. The van der Waals surface area contributed by atoms with Crippen LogP contribution in [0.3, 0.4) is 0 Å². The second kappa shape index (κ2) is 5.34. The number of benzene rings is 1. The lowest BCUT2D eigenvalue weighted by atomic mass is 10.2. The van der Waals surface area contributed by atoms with Crippen molar-refractivity contribution in [1.29, 1.82) is 0 Å². The van der Waals surface area contributed by atoms with Gasteiger partial charge in [0.15, 0.2) is 0 Å². The third-order valence-corrected chi connectivity index (χ3v) is 2.37. The predicted molar refractivity (Wildman–Crippen MR) is 66.5 cm³/mol. The van der Waals surface area contributed by atoms with E-state index < -0.39 is 11.8 Å². The first kappa shape index (κ1) is 12.8. The lowest BCUT2D eigenvalue weighted by Gasteiger charge is -2.09. The molecule has 0 atom stereocenters. The second-order valence-corrected chi connectivity index (χ2v) is 3.63. The minimum Gasteiger partial charge on any atom is -0.465 e. The summed E-state index contributed by atoms with van der Waals surface area (Å²) in [5.41, 5.74) is 5.95. The normalized spacial score (nSPS) is 10.0. The molecule has 1 aromatic heterocycles. The average Bonchev–Trinajstić information content (AvgIpc) is 2.40. The van der Waals surface area contributed by atoms with Crippen molar-refractivity contribution < 1.29 is 18.7 Å². The fourth-order valence-electron chi connectivity index (χ4n) is 1.47. The van der Waals surface area contributed by atoms with Gasteiger partial charge in [-0.1, -0.05) is 6.07 Å². The smallest absolute Gasteiger partial charge is 0.340 e. The van der Waals surface area contributed by atoms with Gasteiger partial charge in [-0.25, -0.2) is 14.2 Å². The molecule has 0 amide bonds. The van der Waals surface area contributed by atoms with E-state index in [1.165, 1.54) is 37.6 Å². The summed E-state index contributed by atoms with van der Waals surface area (Å²) < 4.78 is 22.9. The Labute approximate surface area is 108 Å². The molecule has 98 valence electrons. The molecule has 0 radical (unpaired) electrons. The molecule has 0 aliphatic rings. The molecule has 2 rings (SSSR count). The summed E-state index contributed by atoms with van der Waals surface area (Å²) in [4.78, 5) is 15.4. The molecule has 2 aromatic rings. The summed E-state index contributed by atoms with van der Waals surface area (Å²) in [5, 5.41) is 0. The van der Waals surface area contributed by atoms with Gasteiger partial charge in [-0.2, -0.15) is 0 Å². The molecule has 0 bridgehead atoms. The first-order chi connectivity index (χ1) is 9.11. The van der Waals surface area contributed by atoms with Crippen LogP contribution in [-0.2, 0) is 4.74 Å². The van der Waals surface area contributed by atoms with Crippen molar-refractivity contribution in [1.82, 2.24) is 4.98 Å². The van der Waals surface area contributed by atoms with Gasteiger partial charge in [-0.3, -0.25) is 0 Å². The van der Waals surface area contributed by atoms with Crippen LogP contribution in [0.25, 0.3) is 0 Å². The fraction of sp³-hybridized carbons (Fsp3) is 0.0769. The average molecular weight is 262 g/mol. The van der Waals surface area contributed by atoms with Crippen LogP contribution in [0, 0.1) is 5.82 Å². The minimum atomic E-state index is -0.594. The Kier molecular flexibility index (Phi) is 3.61. The molecule has 5 nitrogen and oxygen atoms in total. The highest BCUT2D eigenvalue weighted by Gasteiger charge is 2.15. The van der Waals surface area contributed by atoms with E-state index in [0.29, 0.717) is 0 Å². The maximum absolute atomic E-state index is 13.0. The zero-order valence-electron chi connectivity index (χ0n) is 10.1. The summed E-state index contributed by atoms with van der Waals surface area (Å²) in [6.45, 7) is 0. The predicted octanol–water partition coefficient (Wildman–Crippen LogP) is 2.38. The Morgan fingerprint density at radius 2 is 2.16 bits per heavy atom. The highest BCUT2D eigenvalue weighted by molar-refractivity contribution is 5.96. The van der Waals surface area contributed by atoms with Gasteiger partial charge >= 0.3 is 5.97 Å². The highest BCUT2D eigenvalue weighted by atomic mass is 19.1. The molecule has 1 aromatic carbocycles. The van der Waals surface area contributed by atoms with Gasteiger partial charge in [0.1, 0.15) is 17.3 Å². The molecular weight excluding hydrogens is 251 g/mol. The zero-order chi connectivity index (χ0) is 13.8. The molecule has 6 heteroatoms. The zero-order valence-corrected chi connectivity index (χ0v) is 10.1. The van der Waals surface area contributed by atoms with Crippen molar-refractivity contribution in [3.05, 3.63) is 47.9 Å². The summed E-state index contributed by atoms with van der Waals surface area (Å²) in [7, 11) is 1.25. The topological polar surface area (TPSA) is 74.4 Å². The number of ether oxygens (including phenoxy) is 2. The fourth-order valence-corrected chi connectivity index (χ4v) is 1.47. The Morgan fingerprint density at radius 3 is 2.84 bits per heavy atom. The quantitative estimate of drug-likeness (QED) is 0.859. The molecule has 0 unspecified atom stereocenters. The van der Waals surface area contributed by atoms with Gasteiger partial charge in [0.2, 0.25) is 5.88 Å². The molecule has 0 aliphatic carbocycles. The molecular formula is C13H11FN2O3. The van der Waals surface area contributed by atoms with Crippen molar-refractivity contribution >= 4 is 11.7 Å². The Bertz CT molecular complexity index is 617. The van der Waals surface area contributed by atoms with Crippen LogP contribution in [0.2, 0.25) is 0 Å². The molecule has 0 aliphatic heterocycles. The highest BCUT2D eigenvalue weighted by Crippen LogP contribution is 2.28. The van der Waals surface area contributed by atoms with E-state index in [0.717, 1.165) is 0 Å². The van der Waals surface area contributed by atoms with Crippen LogP contribution >= 0.6 is 0 Å². The van der Waals surface area contributed by atoms with Crippen LogP contribution in [-0.4, -0.2) is 18.1 Å². The first-order valence-corrected chi connectivity index (χ1v) is 5.38. The number of carbonyl (C=O) groups excluding carboxylic acids is 1. The second-order valence-electron chi connectivity index (χ2n) is 3.63. The number of esters is 1. The molecule has 0 saturated carbocycles. The van der Waals surface area contributed by atoms with Gasteiger partial charge in [0.25, 0.3) is 0 Å². The third-order valence-electron chi connectivity index (χ3n) is 2.37. The summed E-state index contributed by atoms with van der Waals surface area (Å²) in [6.07, 6.45) is 1.36. The van der Waals surface area contributed by atoms with E-state index in [9.17, 15) is 9.18 Å². The van der Waals surface area contributed by atoms with Gasteiger partial charge in [0.05, 0.1) is 12.7 Å². The van der Waals surface area contributed by atoms with Crippen LogP contribution in [0.15, 0.2) is 36.5 Å². The van der Waals surface area contributed by atoms with Crippen molar-refractivity contribution in [3.8, 4) is 11.6 Å². The summed E-state index contributed by atoms with van der Waals surface area (Å²) in [6, 6.07) is 6.93. The number of carbonyl (C=O) groups is 1. The molecule has 0 saturated heterocycles. The number of nitrogen functional groups attached to an aromatic ring is 1. The number of methoxy groups -OCH3 is 1. The van der Waals surface area contributed by atoms with Crippen LogP contribution in [0.1, 0.15) is 10.4 Å². The SMILES string of the molecule is COC(=O)c1ccnc(Oc2cccc(F)c2)c1N. The lowest BCUT2D eigenvalue weighted by molar-refractivity contribution is 0.0601. The number of nitrogens with two attached hydrogens (primary N) is 1. The van der Waals surface area contributed by atoms with E-state index in [1.807, 2.05) is 0 Å². The number of anilines is 1. The molecule has 0 spiro atoms. The lowest BCUT2D eigenvalue weighted by Crippen LogP contribution is -2.07. The van der Waals surface area contributed by atoms with Crippen molar-refractivity contribution in [3.63, 3.8) is 0 Å². The number of pyridine rings is 1. The number of hydrogen-bond acceptors (Lipinski definition) is 5. The largest absolute Gasteiger partial charge is 0.465 e. The van der Waals surface area contributed by atoms with E-state index in [4.69, 9.17) is 10.5 Å². The maximum Gasteiger partial charge on any atom is 0.340 e.